The van der Waals surface area contributed by atoms with E-state index >= 15 is 0 Å². The molecule has 2 aromatic heterocycles. The van der Waals surface area contributed by atoms with Crippen LogP contribution in [0.25, 0.3) is 0 Å². The number of aromatic nitrogens is 2. The lowest BCUT2D eigenvalue weighted by Gasteiger charge is -2.14. The lowest BCUT2D eigenvalue weighted by atomic mass is 10.3. The molecular formula is C13H12N4OS2. The van der Waals surface area contributed by atoms with Gasteiger partial charge in [-0.3, -0.25) is 14.8 Å². The number of carbonyl (C=O) groups excluding carboxylic acids is 1. The first-order chi connectivity index (χ1) is 9.74. The van der Waals surface area contributed by atoms with Crippen molar-refractivity contribution >= 4 is 34.2 Å². The Balaban J connectivity index is 1.68. The molecule has 0 saturated carbocycles. The second-order valence-electron chi connectivity index (χ2n) is 4.31. The maximum Gasteiger partial charge on any atom is 0.263 e. The van der Waals surface area contributed by atoms with Crippen LogP contribution >= 0.6 is 23.3 Å². The van der Waals surface area contributed by atoms with E-state index in [0.717, 1.165) is 10.6 Å². The summed E-state index contributed by atoms with van der Waals surface area (Å²) >= 11 is 2.75. The summed E-state index contributed by atoms with van der Waals surface area (Å²) in [5.74, 6) is -0.0977. The van der Waals surface area contributed by atoms with Gasteiger partial charge >= 0.3 is 0 Å². The molecular weight excluding hydrogens is 292 g/mol. The van der Waals surface area contributed by atoms with Crippen LogP contribution in [0.3, 0.4) is 0 Å². The highest BCUT2D eigenvalue weighted by Gasteiger charge is 2.29. The molecule has 7 heteroatoms. The number of aliphatic imine (C=N–C) groups is 1. The Bertz CT molecular complexity index is 627. The Hall–Kier alpha value is -1.73. The molecule has 20 heavy (non-hydrogen) atoms. The van der Waals surface area contributed by atoms with Gasteiger partial charge in [0.1, 0.15) is 15.3 Å². The van der Waals surface area contributed by atoms with Gasteiger partial charge in [-0.15, -0.1) is 0 Å². The van der Waals surface area contributed by atoms with Gasteiger partial charge in [0.25, 0.3) is 5.91 Å². The predicted octanol–water partition coefficient (Wildman–Crippen LogP) is 2.18. The first-order valence-electron chi connectivity index (χ1n) is 6.10. The minimum atomic E-state index is -0.0977. The highest BCUT2D eigenvalue weighted by Crippen LogP contribution is 2.28. The third kappa shape index (κ3) is 2.73. The van der Waals surface area contributed by atoms with Crippen LogP contribution in [0.2, 0.25) is 0 Å². The molecule has 3 heterocycles. The Labute approximate surface area is 124 Å². The Morgan fingerprint density at radius 2 is 2.25 bits per heavy atom. The molecule has 2 atom stereocenters. The van der Waals surface area contributed by atoms with Gasteiger partial charge in [-0.1, -0.05) is 11.8 Å². The number of hydrogen-bond donors (Lipinski definition) is 1. The Morgan fingerprint density at radius 3 is 2.95 bits per heavy atom. The topological polar surface area (TPSA) is 67.2 Å². The normalized spacial score (nSPS) is 21.6. The highest BCUT2D eigenvalue weighted by molar-refractivity contribution is 8.15. The fourth-order valence-electron chi connectivity index (χ4n) is 1.82. The molecule has 0 aliphatic carbocycles. The predicted molar refractivity (Wildman–Crippen MR) is 81.2 cm³/mol. The fraction of sp³-hybridized carbons (Fsp3) is 0.231. The van der Waals surface area contributed by atoms with Crippen molar-refractivity contribution in [3.05, 3.63) is 47.2 Å². The van der Waals surface area contributed by atoms with Crippen molar-refractivity contribution in [2.24, 2.45) is 4.99 Å². The van der Waals surface area contributed by atoms with Gasteiger partial charge in [0, 0.05) is 24.2 Å². The number of thioether (sulfide) groups is 1. The summed E-state index contributed by atoms with van der Waals surface area (Å²) < 4.78 is 3.94. The molecule has 5 nitrogen and oxygen atoms in total. The largest absolute Gasteiger partial charge is 0.337 e. The van der Waals surface area contributed by atoms with E-state index in [1.807, 2.05) is 19.1 Å². The standard InChI is InChI=1S/C13H12N4OS2/c1-8-12(17-11(18)10-4-6-15-20-10)19-13(16-8)9-3-2-5-14-7-9/h2-8,12H,1H3,(H,17,18). The molecule has 1 aliphatic rings. The van der Waals surface area contributed by atoms with Gasteiger partial charge in [0.15, 0.2) is 0 Å². The van der Waals surface area contributed by atoms with E-state index in [4.69, 9.17) is 0 Å². The van der Waals surface area contributed by atoms with Crippen LogP contribution in [0.15, 0.2) is 41.8 Å². The monoisotopic (exact) mass is 304 g/mol. The second-order valence-corrected chi connectivity index (χ2v) is 6.27. The number of amides is 1. The average Bonchev–Trinajstić information content (AvgIpc) is 3.10. The minimum Gasteiger partial charge on any atom is -0.337 e. The summed E-state index contributed by atoms with van der Waals surface area (Å²) in [5, 5.41) is 3.85. The van der Waals surface area contributed by atoms with Crippen molar-refractivity contribution in [1.82, 2.24) is 14.7 Å². The molecule has 2 unspecified atom stereocenters. The number of pyridine rings is 1. The van der Waals surface area contributed by atoms with Gasteiger partial charge in [-0.25, -0.2) is 4.37 Å². The zero-order valence-electron chi connectivity index (χ0n) is 10.7. The van der Waals surface area contributed by atoms with E-state index in [2.05, 4.69) is 19.7 Å². The zero-order chi connectivity index (χ0) is 13.9. The van der Waals surface area contributed by atoms with Crippen LogP contribution in [-0.4, -0.2) is 31.7 Å². The Kier molecular flexibility index (Phi) is 3.79. The summed E-state index contributed by atoms with van der Waals surface area (Å²) in [5.41, 5.74) is 0.985. The van der Waals surface area contributed by atoms with E-state index in [9.17, 15) is 4.79 Å². The SMILES string of the molecule is CC1N=C(c2cccnc2)SC1NC(=O)c1ccns1. The van der Waals surface area contributed by atoms with Crippen LogP contribution in [0, 0.1) is 0 Å². The van der Waals surface area contributed by atoms with Gasteiger partial charge in [0.05, 0.1) is 6.04 Å². The maximum absolute atomic E-state index is 12.0. The van der Waals surface area contributed by atoms with Crippen molar-refractivity contribution in [2.75, 3.05) is 0 Å². The van der Waals surface area contributed by atoms with Crippen molar-refractivity contribution in [3.63, 3.8) is 0 Å². The van der Waals surface area contributed by atoms with E-state index in [1.54, 1.807) is 36.4 Å². The van der Waals surface area contributed by atoms with Crippen molar-refractivity contribution in [3.8, 4) is 0 Å². The van der Waals surface area contributed by atoms with Crippen LogP contribution in [0.5, 0.6) is 0 Å². The smallest absolute Gasteiger partial charge is 0.263 e. The molecule has 0 aromatic carbocycles. The van der Waals surface area contributed by atoms with E-state index in [-0.39, 0.29) is 17.3 Å². The molecule has 1 N–H and O–H groups in total. The molecule has 3 rings (SSSR count). The lowest BCUT2D eigenvalue weighted by Crippen LogP contribution is -2.36. The van der Waals surface area contributed by atoms with Gasteiger partial charge < -0.3 is 5.32 Å². The zero-order valence-corrected chi connectivity index (χ0v) is 12.3. The fourth-order valence-corrected chi connectivity index (χ4v) is 3.46. The van der Waals surface area contributed by atoms with Crippen molar-refractivity contribution in [2.45, 2.75) is 18.3 Å². The maximum atomic E-state index is 12.0. The van der Waals surface area contributed by atoms with Crippen LogP contribution in [0.1, 0.15) is 22.2 Å². The van der Waals surface area contributed by atoms with Crippen LogP contribution < -0.4 is 5.32 Å². The number of nitrogens with one attached hydrogen (secondary N) is 1. The second kappa shape index (κ2) is 5.72. The molecule has 0 fully saturated rings. The lowest BCUT2D eigenvalue weighted by molar-refractivity contribution is 0.0951. The summed E-state index contributed by atoms with van der Waals surface area (Å²) in [6.07, 6.45) is 5.14. The molecule has 102 valence electrons. The number of hydrogen-bond acceptors (Lipinski definition) is 6. The van der Waals surface area contributed by atoms with E-state index < -0.39 is 0 Å². The van der Waals surface area contributed by atoms with Crippen molar-refractivity contribution in [1.29, 1.82) is 0 Å². The number of carbonyl (C=O) groups is 1. The molecule has 1 amide bonds. The summed E-state index contributed by atoms with van der Waals surface area (Å²) in [6.45, 7) is 1.99. The third-order valence-corrected chi connectivity index (χ3v) is 4.92. The number of rotatable bonds is 3. The van der Waals surface area contributed by atoms with Crippen LogP contribution in [0.4, 0.5) is 0 Å². The van der Waals surface area contributed by atoms with Gasteiger partial charge in [-0.05, 0) is 36.7 Å². The van der Waals surface area contributed by atoms with Crippen molar-refractivity contribution < 1.29 is 4.79 Å². The summed E-state index contributed by atoms with van der Waals surface area (Å²) in [4.78, 5) is 21.3. The average molecular weight is 304 g/mol. The third-order valence-electron chi connectivity index (χ3n) is 2.84. The first kappa shape index (κ1) is 13.3. The molecule has 1 aliphatic heterocycles. The summed E-state index contributed by atoms with van der Waals surface area (Å²) in [7, 11) is 0. The minimum absolute atomic E-state index is 0.0343. The van der Waals surface area contributed by atoms with E-state index in [0.29, 0.717) is 4.88 Å². The molecule has 0 saturated heterocycles. The first-order valence-corrected chi connectivity index (χ1v) is 7.76. The highest BCUT2D eigenvalue weighted by atomic mass is 32.2. The quantitative estimate of drug-likeness (QED) is 0.943. The molecule has 2 aromatic rings. The van der Waals surface area contributed by atoms with Crippen LogP contribution in [-0.2, 0) is 0 Å². The van der Waals surface area contributed by atoms with E-state index in [1.165, 1.54) is 11.5 Å². The number of nitrogens with zero attached hydrogens (tertiary/aromatic N) is 3. The molecule has 0 radical (unpaired) electrons. The molecule has 0 bridgehead atoms. The summed E-state index contributed by atoms with van der Waals surface area (Å²) in [6, 6.07) is 5.60. The molecule has 0 spiro atoms. The van der Waals surface area contributed by atoms with Gasteiger partial charge in [-0.2, -0.15) is 0 Å². The Morgan fingerprint density at radius 1 is 1.35 bits per heavy atom. The van der Waals surface area contributed by atoms with Gasteiger partial charge in [0.2, 0.25) is 0 Å².